The Labute approximate surface area is 120 Å². The van der Waals surface area contributed by atoms with Crippen molar-refractivity contribution in [2.24, 2.45) is 0 Å². The van der Waals surface area contributed by atoms with Gasteiger partial charge in [-0.2, -0.15) is 0 Å². The van der Waals surface area contributed by atoms with Crippen LogP contribution >= 0.6 is 0 Å². The molecule has 0 spiro atoms. The van der Waals surface area contributed by atoms with E-state index in [0.29, 0.717) is 6.61 Å². The standard InChI is InChI=1S/C18H20O2/c1-14(16-9-5-3-6-10-16)13-20-18(19)15(2)17-11-7-4-8-12-17/h3-12,14-15H,13H2,1-2H3. The lowest BCUT2D eigenvalue weighted by molar-refractivity contribution is -0.145. The highest BCUT2D eigenvalue weighted by Gasteiger charge is 2.17. The molecule has 0 amide bonds. The molecule has 0 aliphatic carbocycles. The molecule has 2 heteroatoms. The molecule has 2 nitrogen and oxygen atoms in total. The number of hydrogen-bond acceptors (Lipinski definition) is 2. The van der Waals surface area contributed by atoms with Gasteiger partial charge in [-0.25, -0.2) is 0 Å². The number of esters is 1. The number of carbonyl (C=O) groups is 1. The predicted octanol–water partition coefficient (Wildman–Crippen LogP) is 4.14. The lowest BCUT2D eigenvalue weighted by atomic mass is 10.0. The van der Waals surface area contributed by atoms with E-state index >= 15 is 0 Å². The van der Waals surface area contributed by atoms with Crippen LogP contribution in [0.3, 0.4) is 0 Å². The van der Waals surface area contributed by atoms with Crippen LogP contribution in [0, 0.1) is 0 Å². The summed E-state index contributed by atoms with van der Waals surface area (Å²) in [6, 6.07) is 19.8. The Bertz CT molecular complexity index is 534. The molecule has 0 aromatic heterocycles. The lowest BCUT2D eigenvalue weighted by Crippen LogP contribution is -2.16. The molecule has 2 aromatic rings. The molecule has 0 fully saturated rings. The molecule has 0 bridgehead atoms. The summed E-state index contributed by atoms with van der Waals surface area (Å²) in [6.45, 7) is 4.36. The Balaban J connectivity index is 1.89. The molecule has 0 aliphatic rings. The van der Waals surface area contributed by atoms with Gasteiger partial charge in [0.2, 0.25) is 0 Å². The van der Waals surface area contributed by atoms with Crippen LogP contribution in [0.1, 0.15) is 36.8 Å². The van der Waals surface area contributed by atoms with Gasteiger partial charge in [-0.05, 0) is 18.1 Å². The molecular weight excluding hydrogens is 248 g/mol. The number of rotatable bonds is 5. The van der Waals surface area contributed by atoms with E-state index in [1.165, 1.54) is 5.56 Å². The van der Waals surface area contributed by atoms with Gasteiger partial charge in [-0.15, -0.1) is 0 Å². The maximum absolute atomic E-state index is 12.1. The van der Waals surface area contributed by atoms with E-state index in [0.717, 1.165) is 5.56 Å². The second kappa shape index (κ2) is 6.90. The van der Waals surface area contributed by atoms with Crippen LogP contribution in [-0.2, 0) is 9.53 Å². The third-order valence-electron chi connectivity index (χ3n) is 3.50. The molecule has 20 heavy (non-hydrogen) atoms. The van der Waals surface area contributed by atoms with Crippen molar-refractivity contribution in [3.63, 3.8) is 0 Å². The van der Waals surface area contributed by atoms with Gasteiger partial charge >= 0.3 is 5.97 Å². The van der Waals surface area contributed by atoms with E-state index < -0.39 is 0 Å². The van der Waals surface area contributed by atoms with Crippen LogP contribution in [0.2, 0.25) is 0 Å². The SMILES string of the molecule is CC(COC(=O)C(C)c1ccccc1)c1ccccc1. The number of benzene rings is 2. The number of ether oxygens (including phenoxy) is 1. The maximum Gasteiger partial charge on any atom is 0.313 e. The van der Waals surface area contributed by atoms with Crippen LogP contribution in [0.25, 0.3) is 0 Å². The molecular formula is C18H20O2. The Morgan fingerprint density at radius 3 is 1.95 bits per heavy atom. The van der Waals surface area contributed by atoms with Gasteiger partial charge in [-0.3, -0.25) is 4.79 Å². The van der Waals surface area contributed by atoms with Crippen molar-refractivity contribution in [3.8, 4) is 0 Å². The van der Waals surface area contributed by atoms with E-state index in [4.69, 9.17) is 4.74 Å². The largest absolute Gasteiger partial charge is 0.465 e. The van der Waals surface area contributed by atoms with E-state index in [-0.39, 0.29) is 17.8 Å². The molecule has 2 atom stereocenters. The summed E-state index contributed by atoms with van der Waals surface area (Å²) >= 11 is 0. The van der Waals surface area contributed by atoms with Crippen molar-refractivity contribution in [2.45, 2.75) is 25.7 Å². The molecule has 2 unspecified atom stereocenters. The Hall–Kier alpha value is -2.09. The third kappa shape index (κ3) is 3.70. The Morgan fingerprint density at radius 2 is 1.40 bits per heavy atom. The average Bonchev–Trinajstić information content (AvgIpc) is 2.53. The van der Waals surface area contributed by atoms with Crippen LogP contribution in [0.15, 0.2) is 60.7 Å². The normalized spacial score (nSPS) is 13.5. The molecule has 0 saturated carbocycles. The summed E-state index contributed by atoms with van der Waals surface area (Å²) in [7, 11) is 0. The molecule has 104 valence electrons. The van der Waals surface area contributed by atoms with Crippen LogP contribution < -0.4 is 0 Å². The molecule has 0 N–H and O–H groups in total. The van der Waals surface area contributed by atoms with Crippen molar-refractivity contribution in [1.29, 1.82) is 0 Å². The predicted molar refractivity (Wildman–Crippen MR) is 80.7 cm³/mol. The first-order valence-electron chi connectivity index (χ1n) is 6.95. The van der Waals surface area contributed by atoms with Gasteiger partial charge in [-0.1, -0.05) is 67.6 Å². The van der Waals surface area contributed by atoms with Gasteiger partial charge in [0.15, 0.2) is 0 Å². The van der Waals surface area contributed by atoms with Gasteiger partial charge in [0.1, 0.15) is 0 Å². The van der Waals surface area contributed by atoms with Crippen molar-refractivity contribution < 1.29 is 9.53 Å². The highest BCUT2D eigenvalue weighted by Crippen LogP contribution is 2.19. The molecule has 2 aromatic carbocycles. The fraction of sp³-hybridized carbons (Fsp3) is 0.278. The quantitative estimate of drug-likeness (QED) is 0.762. The number of carbonyl (C=O) groups excluding carboxylic acids is 1. The lowest BCUT2D eigenvalue weighted by Gasteiger charge is -2.15. The second-order valence-electron chi connectivity index (χ2n) is 5.07. The maximum atomic E-state index is 12.1. The summed E-state index contributed by atoms with van der Waals surface area (Å²) in [6.07, 6.45) is 0. The van der Waals surface area contributed by atoms with Crippen molar-refractivity contribution >= 4 is 5.97 Å². The van der Waals surface area contributed by atoms with Crippen molar-refractivity contribution in [2.75, 3.05) is 6.61 Å². The average molecular weight is 268 g/mol. The second-order valence-corrected chi connectivity index (χ2v) is 5.07. The monoisotopic (exact) mass is 268 g/mol. The molecule has 0 radical (unpaired) electrons. The summed E-state index contributed by atoms with van der Waals surface area (Å²) in [4.78, 5) is 12.1. The summed E-state index contributed by atoms with van der Waals surface area (Å²) in [5, 5.41) is 0. The minimum atomic E-state index is -0.223. The number of hydrogen-bond donors (Lipinski definition) is 0. The molecule has 0 aliphatic heterocycles. The Kier molecular flexibility index (Phi) is 4.94. The van der Waals surface area contributed by atoms with Crippen molar-refractivity contribution in [1.82, 2.24) is 0 Å². The first kappa shape index (κ1) is 14.3. The van der Waals surface area contributed by atoms with Crippen LogP contribution in [-0.4, -0.2) is 12.6 Å². The van der Waals surface area contributed by atoms with Crippen molar-refractivity contribution in [3.05, 3.63) is 71.8 Å². The van der Waals surface area contributed by atoms with Gasteiger partial charge in [0.05, 0.1) is 12.5 Å². The van der Waals surface area contributed by atoms with E-state index in [1.807, 2.05) is 55.5 Å². The molecule has 2 rings (SSSR count). The highest BCUT2D eigenvalue weighted by molar-refractivity contribution is 5.77. The minimum Gasteiger partial charge on any atom is -0.465 e. The minimum absolute atomic E-state index is 0.168. The zero-order valence-corrected chi connectivity index (χ0v) is 12.0. The first-order valence-corrected chi connectivity index (χ1v) is 6.95. The Morgan fingerprint density at radius 1 is 0.900 bits per heavy atom. The van der Waals surface area contributed by atoms with Crippen LogP contribution in [0.4, 0.5) is 0 Å². The third-order valence-corrected chi connectivity index (χ3v) is 3.50. The van der Waals surface area contributed by atoms with E-state index in [1.54, 1.807) is 0 Å². The fourth-order valence-corrected chi connectivity index (χ4v) is 2.09. The van der Waals surface area contributed by atoms with E-state index in [9.17, 15) is 4.79 Å². The summed E-state index contributed by atoms with van der Waals surface area (Å²) in [5.41, 5.74) is 2.18. The topological polar surface area (TPSA) is 26.3 Å². The smallest absolute Gasteiger partial charge is 0.313 e. The zero-order valence-electron chi connectivity index (χ0n) is 12.0. The fourth-order valence-electron chi connectivity index (χ4n) is 2.09. The molecule has 0 saturated heterocycles. The highest BCUT2D eigenvalue weighted by atomic mass is 16.5. The van der Waals surface area contributed by atoms with Gasteiger partial charge < -0.3 is 4.74 Å². The summed E-state index contributed by atoms with van der Waals surface area (Å²) in [5.74, 6) is -0.179. The first-order chi connectivity index (χ1) is 9.68. The molecule has 0 heterocycles. The summed E-state index contributed by atoms with van der Waals surface area (Å²) < 4.78 is 5.44. The zero-order chi connectivity index (χ0) is 14.4. The van der Waals surface area contributed by atoms with Crippen LogP contribution in [0.5, 0.6) is 0 Å². The van der Waals surface area contributed by atoms with E-state index in [2.05, 4.69) is 19.1 Å². The van der Waals surface area contributed by atoms with Gasteiger partial charge in [0.25, 0.3) is 0 Å². The van der Waals surface area contributed by atoms with Gasteiger partial charge in [0, 0.05) is 5.92 Å².